The summed E-state index contributed by atoms with van der Waals surface area (Å²) in [6, 6.07) is 18.1. The normalized spacial score (nSPS) is 13.3. The molecule has 3 aromatic carbocycles. The molecule has 6 nitrogen and oxygen atoms in total. The molecule has 0 bridgehead atoms. The van der Waals surface area contributed by atoms with Crippen LogP contribution in [0.2, 0.25) is 0 Å². The molecular weight excluding hydrogens is 463 g/mol. The Balaban J connectivity index is 1.25. The molecule has 8 heteroatoms. The van der Waals surface area contributed by atoms with Gasteiger partial charge in [-0.3, -0.25) is 9.59 Å². The molecule has 0 aliphatic heterocycles. The Labute approximate surface area is 204 Å². The summed E-state index contributed by atoms with van der Waals surface area (Å²) in [5.74, 6) is -0.383. The van der Waals surface area contributed by atoms with E-state index in [0.717, 1.165) is 45.1 Å². The summed E-state index contributed by atoms with van der Waals surface area (Å²) in [5, 5.41) is 7.21. The van der Waals surface area contributed by atoms with E-state index in [1.165, 1.54) is 23.5 Å². The van der Waals surface area contributed by atoms with Gasteiger partial charge in [0, 0.05) is 29.6 Å². The molecule has 1 saturated carbocycles. The lowest BCUT2D eigenvalue weighted by atomic mass is 10.0. The average molecular weight is 485 g/mol. The van der Waals surface area contributed by atoms with E-state index in [2.05, 4.69) is 26.7 Å². The van der Waals surface area contributed by atoms with E-state index in [-0.39, 0.29) is 30.1 Å². The van der Waals surface area contributed by atoms with E-state index in [0.29, 0.717) is 16.3 Å². The summed E-state index contributed by atoms with van der Waals surface area (Å²) in [6.07, 6.45) is 3.59. The van der Waals surface area contributed by atoms with Gasteiger partial charge in [0.1, 0.15) is 5.82 Å². The second-order valence-corrected chi connectivity index (χ2v) is 9.77. The highest BCUT2D eigenvalue weighted by atomic mass is 32.1. The number of hydrogen-bond acceptors (Lipinski definition) is 4. The molecule has 0 saturated heterocycles. The standard InChI is InChI=1S/C27H21FN4O2S/c28-19-3-1-2-15(10-19)13-30-26(34)21-14-29-22-8-6-17(11-20(21)22)18-7-9-23-24(12-18)35-27(31-23)32-25(33)16-4-5-16/h1-3,6-12,14,16,29H,4-5,13H2,(H,30,34)(H,31,32,33). The molecule has 6 rings (SSSR count). The fraction of sp³-hybridized carbons (Fsp3) is 0.148. The molecule has 2 heterocycles. The van der Waals surface area contributed by atoms with Crippen molar-refractivity contribution >= 4 is 49.4 Å². The Bertz CT molecular complexity index is 1600. The van der Waals surface area contributed by atoms with Gasteiger partial charge in [-0.25, -0.2) is 9.37 Å². The van der Waals surface area contributed by atoms with Gasteiger partial charge in [-0.2, -0.15) is 0 Å². The van der Waals surface area contributed by atoms with Crippen LogP contribution < -0.4 is 10.6 Å². The molecule has 5 aromatic rings. The number of nitrogens with zero attached hydrogens (tertiary/aromatic N) is 1. The van der Waals surface area contributed by atoms with Crippen LogP contribution >= 0.6 is 11.3 Å². The van der Waals surface area contributed by atoms with Crippen molar-refractivity contribution in [3.63, 3.8) is 0 Å². The smallest absolute Gasteiger partial charge is 0.253 e. The second-order valence-electron chi connectivity index (χ2n) is 8.74. The molecule has 1 fully saturated rings. The molecule has 2 aromatic heterocycles. The average Bonchev–Trinajstić information content (AvgIpc) is 3.51. The third kappa shape index (κ3) is 4.40. The first-order valence-corrected chi connectivity index (χ1v) is 12.2. The SMILES string of the molecule is O=C(NCc1cccc(F)c1)c1c[nH]c2ccc(-c3ccc4nc(NC(=O)C5CC5)sc4c3)cc12. The minimum Gasteiger partial charge on any atom is -0.360 e. The quantitative estimate of drug-likeness (QED) is 0.282. The van der Waals surface area contributed by atoms with E-state index >= 15 is 0 Å². The molecule has 0 spiro atoms. The highest BCUT2D eigenvalue weighted by Gasteiger charge is 2.30. The van der Waals surface area contributed by atoms with Crippen molar-refractivity contribution in [1.29, 1.82) is 0 Å². The lowest BCUT2D eigenvalue weighted by Gasteiger charge is -2.06. The van der Waals surface area contributed by atoms with E-state index < -0.39 is 0 Å². The molecule has 0 radical (unpaired) electrons. The van der Waals surface area contributed by atoms with Crippen LogP contribution in [0, 0.1) is 11.7 Å². The summed E-state index contributed by atoms with van der Waals surface area (Å²) in [7, 11) is 0. The molecule has 1 aliphatic rings. The number of carbonyl (C=O) groups excluding carboxylic acids is 2. The summed E-state index contributed by atoms with van der Waals surface area (Å²) < 4.78 is 14.4. The van der Waals surface area contributed by atoms with Gasteiger partial charge in [-0.1, -0.05) is 35.6 Å². The van der Waals surface area contributed by atoms with E-state index in [4.69, 9.17) is 0 Å². The number of hydrogen-bond donors (Lipinski definition) is 3. The van der Waals surface area contributed by atoms with Crippen LogP contribution in [0.25, 0.3) is 32.2 Å². The molecule has 2 amide bonds. The van der Waals surface area contributed by atoms with Crippen molar-refractivity contribution in [3.8, 4) is 11.1 Å². The van der Waals surface area contributed by atoms with Gasteiger partial charge < -0.3 is 15.6 Å². The number of halogens is 1. The van der Waals surface area contributed by atoms with Gasteiger partial charge in [0.15, 0.2) is 5.13 Å². The minimum absolute atomic E-state index is 0.0467. The highest BCUT2D eigenvalue weighted by molar-refractivity contribution is 7.22. The van der Waals surface area contributed by atoms with Crippen molar-refractivity contribution in [2.75, 3.05) is 5.32 Å². The maximum Gasteiger partial charge on any atom is 0.253 e. The summed E-state index contributed by atoms with van der Waals surface area (Å²) in [4.78, 5) is 32.6. The topological polar surface area (TPSA) is 86.9 Å². The molecule has 0 atom stereocenters. The number of aromatic nitrogens is 2. The van der Waals surface area contributed by atoms with Crippen LogP contribution in [0.4, 0.5) is 9.52 Å². The van der Waals surface area contributed by atoms with Crippen molar-refractivity contribution in [2.45, 2.75) is 19.4 Å². The number of anilines is 1. The number of H-pyrrole nitrogens is 1. The summed E-state index contributed by atoms with van der Waals surface area (Å²) >= 11 is 1.46. The first kappa shape index (κ1) is 21.5. The lowest BCUT2D eigenvalue weighted by Crippen LogP contribution is -2.22. The van der Waals surface area contributed by atoms with Crippen molar-refractivity contribution in [1.82, 2.24) is 15.3 Å². The molecule has 1 aliphatic carbocycles. The predicted molar refractivity (Wildman–Crippen MR) is 136 cm³/mol. The van der Waals surface area contributed by atoms with Gasteiger partial charge in [0.2, 0.25) is 5.91 Å². The molecule has 174 valence electrons. The Morgan fingerprint density at radius 3 is 2.71 bits per heavy atom. The van der Waals surface area contributed by atoms with Crippen LogP contribution in [0.5, 0.6) is 0 Å². The first-order valence-electron chi connectivity index (χ1n) is 11.4. The fourth-order valence-electron chi connectivity index (χ4n) is 4.12. The first-order chi connectivity index (χ1) is 17.0. The van der Waals surface area contributed by atoms with Crippen molar-refractivity contribution in [2.24, 2.45) is 5.92 Å². The summed E-state index contributed by atoms with van der Waals surface area (Å²) in [6.45, 7) is 0.241. The zero-order valence-corrected chi connectivity index (χ0v) is 19.4. The number of nitrogens with one attached hydrogen (secondary N) is 3. The third-order valence-electron chi connectivity index (χ3n) is 6.17. The van der Waals surface area contributed by atoms with Gasteiger partial charge >= 0.3 is 0 Å². The van der Waals surface area contributed by atoms with Crippen LogP contribution in [-0.4, -0.2) is 21.8 Å². The largest absolute Gasteiger partial charge is 0.360 e. The molecule has 35 heavy (non-hydrogen) atoms. The number of rotatable bonds is 6. The lowest BCUT2D eigenvalue weighted by molar-refractivity contribution is -0.117. The van der Waals surface area contributed by atoms with E-state index in [1.54, 1.807) is 18.3 Å². The van der Waals surface area contributed by atoms with E-state index in [9.17, 15) is 14.0 Å². The van der Waals surface area contributed by atoms with E-state index in [1.807, 2.05) is 30.3 Å². The number of thiazole rings is 1. The fourth-order valence-corrected chi connectivity index (χ4v) is 5.03. The maximum atomic E-state index is 13.4. The van der Waals surface area contributed by atoms with Crippen LogP contribution in [0.3, 0.4) is 0 Å². The van der Waals surface area contributed by atoms with Gasteiger partial charge in [-0.05, 0) is 65.9 Å². The van der Waals surface area contributed by atoms with Gasteiger partial charge in [0.25, 0.3) is 5.91 Å². The Kier molecular flexibility index (Phi) is 5.30. The maximum absolute atomic E-state index is 13.4. The summed E-state index contributed by atoms with van der Waals surface area (Å²) in [5.41, 5.74) is 4.88. The van der Waals surface area contributed by atoms with Gasteiger partial charge in [-0.15, -0.1) is 0 Å². The van der Waals surface area contributed by atoms with Crippen LogP contribution in [0.1, 0.15) is 28.8 Å². The second kappa shape index (κ2) is 8.63. The van der Waals surface area contributed by atoms with Crippen LogP contribution in [0.15, 0.2) is 66.9 Å². The predicted octanol–water partition coefficient (Wildman–Crippen LogP) is 5.86. The molecular formula is C27H21FN4O2S. The zero-order chi connectivity index (χ0) is 23.9. The number of benzene rings is 3. The molecule has 0 unspecified atom stereocenters. The third-order valence-corrected chi connectivity index (χ3v) is 7.10. The minimum atomic E-state index is -0.330. The molecule has 3 N–H and O–H groups in total. The Hall–Kier alpha value is -4.04. The number of carbonyl (C=O) groups is 2. The highest BCUT2D eigenvalue weighted by Crippen LogP contribution is 2.34. The van der Waals surface area contributed by atoms with Crippen LogP contribution in [-0.2, 0) is 11.3 Å². The number of amides is 2. The Morgan fingerprint density at radius 1 is 1.06 bits per heavy atom. The monoisotopic (exact) mass is 484 g/mol. The Morgan fingerprint density at radius 2 is 1.89 bits per heavy atom. The van der Waals surface area contributed by atoms with Crippen molar-refractivity contribution < 1.29 is 14.0 Å². The zero-order valence-electron chi connectivity index (χ0n) is 18.6. The number of aromatic amines is 1. The number of fused-ring (bicyclic) bond motifs is 2. The van der Waals surface area contributed by atoms with Crippen molar-refractivity contribution in [3.05, 3.63) is 83.8 Å². The van der Waals surface area contributed by atoms with Gasteiger partial charge in [0.05, 0.1) is 15.8 Å².